The van der Waals surface area contributed by atoms with Gasteiger partial charge in [-0.1, -0.05) is 29.3 Å². The van der Waals surface area contributed by atoms with Crippen molar-refractivity contribution in [3.8, 4) is 11.5 Å². The molecule has 0 unspecified atom stereocenters. The Morgan fingerprint density at radius 1 is 1.00 bits per heavy atom. The third-order valence-corrected chi connectivity index (χ3v) is 4.02. The maximum atomic E-state index is 6.24. The second-order valence-corrected chi connectivity index (χ2v) is 5.83. The molecule has 3 nitrogen and oxygen atoms in total. The molecule has 0 aromatic heterocycles. The van der Waals surface area contributed by atoms with E-state index in [1.54, 1.807) is 20.3 Å². The fraction of sp³-hybridized carbons (Fsp3) is 0.294. The highest BCUT2D eigenvalue weighted by atomic mass is 35.5. The average Bonchev–Trinajstić information content (AvgIpc) is 2.52. The number of hydrogen-bond acceptors (Lipinski definition) is 3. The van der Waals surface area contributed by atoms with Gasteiger partial charge < -0.3 is 14.8 Å². The molecular formula is C17H19Cl2NO2. The number of halogens is 2. The molecule has 0 spiro atoms. The minimum Gasteiger partial charge on any atom is -0.497 e. The Bertz CT molecular complexity index is 624. The third-order valence-electron chi connectivity index (χ3n) is 3.45. The van der Waals surface area contributed by atoms with Crippen LogP contribution in [-0.4, -0.2) is 14.2 Å². The van der Waals surface area contributed by atoms with Gasteiger partial charge in [0.25, 0.3) is 0 Å². The van der Waals surface area contributed by atoms with Crippen molar-refractivity contribution in [2.24, 2.45) is 0 Å². The van der Waals surface area contributed by atoms with Crippen LogP contribution < -0.4 is 14.8 Å². The van der Waals surface area contributed by atoms with Crippen molar-refractivity contribution in [3.05, 3.63) is 57.6 Å². The van der Waals surface area contributed by atoms with Crippen LogP contribution in [0.15, 0.2) is 36.4 Å². The van der Waals surface area contributed by atoms with Crippen molar-refractivity contribution in [3.63, 3.8) is 0 Å². The Kier molecular flexibility index (Phi) is 5.95. The van der Waals surface area contributed by atoms with Gasteiger partial charge >= 0.3 is 0 Å². The van der Waals surface area contributed by atoms with E-state index in [0.29, 0.717) is 16.6 Å². The molecule has 1 atom stereocenters. The topological polar surface area (TPSA) is 30.5 Å². The maximum Gasteiger partial charge on any atom is 0.122 e. The summed E-state index contributed by atoms with van der Waals surface area (Å²) < 4.78 is 10.6. The quantitative estimate of drug-likeness (QED) is 0.814. The van der Waals surface area contributed by atoms with E-state index in [0.717, 1.165) is 22.6 Å². The molecule has 0 aliphatic carbocycles. The van der Waals surface area contributed by atoms with Gasteiger partial charge in [-0.05, 0) is 42.3 Å². The van der Waals surface area contributed by atoms with Gasteiger partial charge in [-0.3, -0.25) is 0 Å². The highest BCUT2D eigenvalue weighted by molar-refractivity contribution is 6.35. The van der Waals surface area contributed by atoms with Gasteiger partial charge in [0.2, 0.25) is 0 Å². The monoisotopic (exact) mass is 339 g/mol. The standard InChI is InChI=1S/C17H19Cl2NO2/c1-11(16-5-4-13(18)8-17(16)19)20-10-12-6-14(21-2)9-15(7-12)22-3/h4-9,11,20H,10H2,1-3H3/t11-/m0/s1. The molecule has 2 aromatic carbocycles. The second kappa shape index (κ2) is 7.73. The van der Waals surface area contributed by atoms with Crippen LogP contribution in [-0.2, 0) is 6.54 Å². The molecule has 0 saturated carbocycles. The van der Waals surface area contributed by atoms with Crippen molar-refractivity contribution in [2.45, 2.75) is 19.5 Å². The number of benzene rings is 2. The molecule has 0 radical (unpaired) electrons. The van der Waals surface area contributed by atoms with Gasteiger partial charge in [0, 0.05) is 28.7 Å². The first-order valence-electron chi connectivity index (χ1n) is 6.93. The average molecular weight is 340 g/mol. The first-order chi connectivity index (χ1) is 10.5. The number of ether oxygens (including phenoxy) is 2. The fourth-order valence-corrected chi connectivity index (χ4v) is 2.77. The third kappa shape index (κ3) is 4.29. The van der Waals surface area contributed by atoms with Crippen LogP contribution in [0, 0.1) is 0 Å². The molecule has 0 bridgehead atoms. The van der Waals surface area contributed by atoms with E-state index in [2.05, 4.69) is 12.2 Å². The van der Waals surface area contributed by atoms with Crippen LogP contribution in [0.25, 0.3) is 0 Å². The van der Waals surface area contributed by atoms with Crippen molar-refractivity contribution in [1.29, 1.82) is 0 Å². The van der Waals surface area contributed by atoms with Crippen molar-refractivity contribution >= 4 is 23.2 Å². The summed E-state index contributed by atoms with van der Waals surface area (Å²) in [6.07, 6.45) is 0. The molecule has 1 N–H and O–H groups in total. The molecule has 0 amide bonds. The smallest absolute Gasteiger partial charge is 0.122 e. The largest absolute Gasteiger partial charge is 0.497 e. The normalized spacial score (nSPS) is 12.0. The van der Waals surface area contributed by atoms with E-state index in [-0.39, 0.29) is 6.04 Å². The van der Waals surface area contributed by atoms with E-state index >= 15 is 0 Å². The lowest BCUT2D eigenvalue weighted by atomic mass is 10.1. The van der Waals surface area contributed by atoms with E-state index in [9.17, 15) is 0 Å². The van der Waals surface area contributed by atoms with E-state index in [1.807, 2.05) is 30.3 Å². The number of rotatable bonds is 6. The molecule has 2 aromatic rings. The Balaban J connectivity index is 2.08. The van der Waals surface area contributed by atoms with Crippen LogP contribution in [0.1, 0.15) is 24.1 Å². The SMILES string of the molecule is COc1cc(CN[C@@H](C)c2ccc(Cl)cc2Cl)cc(OC)c1. The second-order valence-electron chi connectivity index (χ2n) is 4.99. The summed E-state index contributed by atoms with van der Waals surface area (Å²) in [6, 6.07) is 11.4. The van der Waals surface area contributed by atoms with Crippen LogP contribution >= 0.6 is 23.2 Å². The molecular weight excluding hydrogens is 321 g/mol. The summed E-state index contributed by atoms with van der Waals surface area (Å²) in [4.78, 5) is 0. The van der Waals surface area contributed by atoms with Crippen LogP contribution in [0.4, 0.5) is 0 Å². The predicted molar refractivity (Wildman–Crippen MR) is 91.3 cm³/mol. The first-order valence-corrected chi connectivity index (χ1v) is 7.69. The number of hydrogen-bond donors (Lipinski definition) is 1. The Morgan fingerprint density at radius 2 is 1.64 bits per heavy atom. The number of nitrogens with one attached hydrogen (secondary N) is 1. The van der Waals surface area contributed by atoms with Crippen molar-refractivity contribution in [1.82, 2.24) is 5.32 Å². The Labute approximate surface area is 141 Å². The van der Waals surface area contributed by atoms with Crippen molar-refractivity contribution < 1.29 is 9.47 Å². The van der Waals surface area contributed by atoms with Gasteiger partial charge in [0.05, 0.1) is 14.2 Å². The van der Waals surface area contributed by atoms with E-state index < -0.39 is 0 Å². The van der Waals surface area contributed by atoms with Gasteiger partial charge in [-0.25, -0.2) is 0 Å². The minimum atomic E-state index is 0.0990. The predicted octanol–water partition coefficient (Wildman–Crippen LogP) is 4.86. The van der Waals surface area contributed by atoms with E-state index in [1.165, 1.54) is 0 Å². The van der Waals surface area contributed by atoms with E-state index in [4.69, 9.17) is 32.7 Å². The lowest BCUT2D eigenvalue weighted by molar-refractivity contribution is 0.392. The van der Waals surface area contributed by atoms with Crippen LogP contribution in [0.5, 0.6) is 11.5 Å². The highest BCUT2D eigenvalue weighted by Crippen LogP contribution is 2.27. The minimum absolute atomic E-state index is 0.0990. The number of methoxy groups -OCH3 is 2. The molecule has 2 rings (SSSR count). The summed E-state index contributed by atoms with van der Waals surface area (Å²) in [6.45, 7) is 2.74. The van der Waals surface area contributed by atoms with Crippen LogP contribution in [0.2, 0.25) is 10.0 Å². The first kappa shape index (κ1) is 16.9. The molecule has 5 heteroatoms. The lowest BCUT2D eigenvalue weighted by Gasteiger charge is -2.17. The summed E-state index contributed by atoms with van der Waals surface area (Å²) in [5, 5.41) is 4.74. The summed E-state index contributed by atoms with van der Waals surface area (Å²) >= 11 is 12.2. The van der Waals surface area contributed by atoms with Gasteiger partial charge in [0.15, 0.2) is 0 Å². The Hall–Kier alpha value is -1.42. The molecule has 118 valence electrons. The molecule has 0 aliphatic rings. The van der Waals surface area contributed by atoms with Gasteiger partial charge in [-0.15, -0.1) is 0 Å². The van der Waals surface area contributed by atoms with Crippen molar-refractivity contribution in [2.75, 3.05) is 14.2 Å². The maximum absolute atomic E-state index is 6.24. The fourth-order valence-electron chi connectivity index (χ4n) is 2.20. The zero-order valence-electron chi connectivity index (χ0n) is 12.8. The summed E-state index contributed by atoms with van der Waals surface area (Å²) in [7, 11) is 3.28. The van der Waals surface area contributed by atoms with Crippen LogP contribution in [0.3, 0.4) is 0 Å². The molecule has 0 heterocycles. The highest BCUT2D eigenvalue weighted by Gasteiger charge is 2.10. The lowest BCUT2D eigenvalue weighted by Crippen LogP contribution is -2.18. The summed E-state index contributed by atoms with van der Waals surface area (Å²) in [5.41, 5.74) is 2.09. The zero-order valence-corrected chi connectivity index (χ0v) is 14.3. The molecule has 0 aliphatic heterocycles. The zero-order chi connectivity index (χ0) is 16.1. The summed E-state index contributed by atoms with van der Waals surface area (Å²) in [5.74, 6) is 1.54. The molecule has 0 fully saturated rings. The van der Waals surface area contributed by atoms with Gasteiger partial charge in [-0.2, -0.15) is 0 Å². The molecule has 0 saturated heterocycles. The van der Waals surface area contributed by atoms with Gasteiger partial charge in [0.1, 0.15) is 11.5 Å². The Morgan fingerprint density at radius 3 is 2.18 bits per heavy atom. The molecule has 22 heavy (non-hydrogen) atoms.